The zero-order valence-electron chi connectivity index (χ0n) is 13.5. The van der Waals surface area contributed by atoms with Crippen LogP contribution in [0.15, 0.2) is 59.5 Å². The van der Waals surface area contributed by atoms with Crippen molar-refractivity contribution in [3.8, 4) is 16.5 Å². The highest BCUT2D eigenvalue weighted by Crippen LogP contribution is 2.34. The standard InChI is InChI=1S/C19H15N3O2S/c1-13-7-8-22(18(24)9-13)12-17(23)21-19-15(11-20)10-16(25-19)14-5-3-2-4-6-14/h2-10H,12H2,1H3,(H,21,23). The maximum absolute atomic E-state index is 12.3. The predicted molar refractivity (Wildman–Crippen MR) is 98.5 cm³/mol. The Balaban J connectivity index is 1.80. The molecule has 0 fully saturated rings. The summed E-state index contributed by atoms with van der Waals surface area (Å²) in [6, 6.07) is 16.8. The summed E-state index contributed by atoms with van der Waals surface area (Å²) in [5, 5.41) is 12.5. The van der Waals surface area contributed by atoms with Crippen molar-refractivity contribution in [3.05, 3.63) is 76.2 Å². The molecule has 0 aliphatic rings. The van der Waals surface area contributed by atoms with Crippen molar-refractivity contribution in [2.24, 2.45) is 0 Å². The Morgan fingerprint density at radius 1 is 1.24 bits per heavy atom. The van der Waals surface area contributed by atoms with Crippen molar-refractivity contribution >= 4 is 22.2 Å². The minimum Gasteiger partial charge on any atom is -0.315 e. The van der Waals surface area contributed by atoms with E-state index in [1.807, 2.05) is 37.3 Å². The monoisotopic (exact) mass is 349 g/mol. The van der Waals surface area contributed by atoms with Gasteiger partial charge in [0.1, 0.15) is 17.6 Å². The molecule has 124 valence electrons. The molecule has 0 aliphatic heterocycles. The first-order valence-corrected chi connectivity index (χ1v) is 8.45. The number of carbonyl (C=O) groups excluding carboxylic acids is 1. The molecule has 6 heteroatoms. The molecule has 2 aromatic heterocycles. The predicted octanol–water partition coefficient (Wildman–Crippen LogP) is 3.40. The second kappa shape index (κ2) is 7.16. The van der Waals surface area contributed by atoms with Gasteiger partial charge in [-0.2, -0.15) is 5.26 Å². The lowest BCUT2D eigenvalue weighted by Gasteiger charge is -2.06. The third-order valence-corrected chi connectivity index (χ3v) is 4.73. The summed E-state index contributed by atoms with van der Waals surface area (Å²) in [5.41, 5.74) is 2.01. The minimum atomic E-state index is -0.344. The number of carbonyl (C=O) groups is 1. The van der Waals surface area contributed by atoms with Crippen LogP contribution in [0.25, 0.3) is 10.4 Å². The van der Waals surface area contributed by atoms with Gasteiger partial charge in [0, 0.05) is 17.1 Å². The topological polar surface area (TPSA) is 74.9 Å². The summed E-state index contributed by atoms with van der Waals surface area (Å²) >= 11 is 1.34. The van der Waals surface area contributed by atoms with E-state index in [-0.39, 0.29) is 18.0 Å². The van der Waals surface area contributed by atoms with Gasteiger partial charge in [0.25, 0.3) is 5.56 Å². The average molecular weight is 349 g/mol. The van der Waals surface area contributed by atoms with Crippen molar-refractivity contribution in [2.75, 3.05) is 5.32 Å². The van der Waals surface area contributed by atoms with E-state index >= 15 is 0 Å². The number of aryl methyl sites for hydroxylation is 1. The molecular formula is C19H15N3O2S. The first-order chi connectivity index (χ1) is 12.1. The molecule has 1 amide bonds. The van der Waals surface area contributed by atoms with Crippen LogP contribution in [0.4, 0.5) is 5.00 Å². The fourth-order valence-electron chi connectivity index (χ4n) is 2.37. The van der Waals surface area contributed by atoms with Crippen LogP contribution in [0.5, 0.6) is 0 Å². The Morgan fingerprint density at radius 3 is 2.68 bits per heavy atom. The van der Waals surface area contributed by atoms with Crippen molar-refractivity contribution < 1.29 is 4.79 Å². The second-order valence-electron chi connectivity index (χ2n) is 5.55. The maximum atomic E-state index is 12.3. The Bertz CT molecular complexity index is 1010. The number of amides is 1. The van der Waals surface area contributed by atoms with E-state index < -0.39 is 0 Å². The maximum Gasteiger partial charge on any atom is 0.251 e. The molecule has 0 bridgehead atoms. The van der Waals surface area contributed by atoms with Crippen LogP contribution in [0.2, 0.25) is 0 Å². The molecule has 0 unspecified atom stereocenters. The Kier molecular flexibility index (Phi) is 4.78. The molecule has 0 atom stereocenters. The third kappa shape index (κ3) is 3.84. The number of anilines is 1. The first-order valence-electron chi connectivity index (χ1n) is 7.63. The zero-order valence-corrected chi connectivity index (χ0v) is 14.3. The van der Waals surface area contributed by atoms with Crippen LogP contribution in [0, 0.1) is 18.3 Å². The van der Waals surface area contributed by atoms with Crippen molar-refractivity contribution in [3.63, 3.8) is 0 Å². The largest absolute Gasteiger partial charge is 0.315 e. The average Bonchev–Trinajstić information content (AvgIpc) is 3.01. The lowest BCUT2D eigenvalue weighted by atomic mass is 10.2. The number of thiophene rings is 1. The van der Waals surface area contributed by atoms with Gasteiger partial charge in [-0.05, 0) is 30.2 Å². The summed E-state index contributed by atoms with van der Waals surface area (Å²) in [5.74, 6) is -0.344. The second-order valence-corrected chi connectivity index (χ2v) is 6.60. The van der Waals surface area contributed by atoms with Crippen molar-refractivity contribution in [1.29, 1.82) is 5.26 Å². The van der Waals surface area contributed by atoms with E-state index in [0.29, 0.717) is 10.6 Å². The zero-order chi connectivity index (χ0) is 17.8. The lowest BCUT2D eigenvalue weighted by molar-refractivity contribution is -0.116. The van der Waals surface area contributed by atoms with Gasteiger partial charge < -0.3 is 9.88 Å². The van der Waals surface area contributed by atoms with Crippen LogP contribution in [0.3, 0.4) is 0 Å². The first kappa shape index (κ1) is 16.7. The number of nitriles is 1. The number of aromatic nitrogens is 1. The molecular weight excluding hydrogens is 334 g/mol. The van der Waals surface area contributed by atoms with E-state index in [1.54, 1.807) is 18.3 Å². The Labute approximate surface area is 148 Å². The van der Waals surface area contributed by atoms with Crippen LogP contribution >= 0.6 is 11.3 Å². The van der Waals surface area contributed by atoms with E-state index in [1.165, 1.54) is 22.0 Å². The molecule has 0 aliphatic carbocycles. The van der Waals surface area contributed by atoms with Gasteiger partial charge in [0.2, 0.25) is 5.91 Å². The molecule has 0 spiro atoms. The van der Waals surface area contributed by atoms with Crippen LogP contribution in [0.1, 0.15) is 11.1 Å². The number of hydrogen-bond acceptors (Lipinski definition) is 4. The number of nitrogens with zero attached hydrogens (tertiary/aromatic N) is 2. The number of rotatable bonds is 4. The van der Waals surface area contributed by atoms with Gasteiger partial charge in [-0.1, -0.05) is 30.3 Å². The highest BCUT2D eigenvalue weighted by atomic mass is 32.1. The summed E-state index contributed by atoms with van der Waals surface area (Å²) in [6.07, 6.45) is 1.59. The molecule has 0 saturated heterocycles. The molecule has 1 N–H and O–H groups in total. The van der Waals surface area contributed by atoms with Crippen molar-refractivity contribution in [1.82, 2.24) is 4.57 Å². The molecule has 3 aromatic rings. The quantitative estimate of drug-likeness (QED) is 0.784. The Hall–Kier alpha value is -3.17. The molecule has 0 radical (unpaired) electrons. The number of benzene rings is 1. The van der Waals surface area contributed by atoms with Crippen LogP contribution < -0.4 is 10.9 Å². The van der Waals surface area contributed by atoms with Gasteiger partial charge in [-0.25, -0.2) is 0 Å². The Morgan fingerprint density at radius 2 is 2.00 bits per heavy atom. The van der Waals surface area contributed by atoms with E-state index in [9.17, 15) is 14.9 Å². The van der Waals surface area contributed by atoms with E-state index in [0.717, 1.165) is 16.0 Å². The van der Waals surface area contributed by atoms with Gasteiger partial charge in [0.15, 0.2) is 0 Å². The van der Waals surface area contributed by atoms with Gasteiger partial charge in [0.05, 0.1) is 5.56 Å². The highest BCUT2D eigenvalue weighted by Gasteiger charge is 2.13. The summed E-state index contributed by atoms with van der Waals surface area (Å²) in [4.78, 5) is 25.0. The number of hydrogen-bond donors (Lipinski definition) is 1. The SMILES string of the molecule is Cc1ccn(CC(=O)Nc2sc(-c3ccccc3)cc2C#N)c(=O)c1. The third-order valence-electron chi connectivity index (χ3n) is 3.63. The molecule has 5 nitrogen and oxygen atoms in total. The van der Waals surface area contributed by atoms with Gasteiger partial charge in [-0.15, -0.1) is 11.3 Å². The van der Waals surface area contributed by atoms with E-state index in [4.69, 9.17) is 0 Å². The van der Waals surface area contributed by atoms with Crippen LogP contribution in [-0.4, -0.2) is 10.5 Å². The lowest BCUT2D eigenvalue weighted by Crippen LogP contribution is -2.26. The molecule has 3 rings (SSSR count). The smallest absolute Gasteiger partial charge is 0.251 e. The fourth-order valence-corrected chi connectivity index (χ4v) is 3.40. The number of nitrogens with one attached hydrogen (secondary N) is 1. The van der Waals surface area contributed by atoms with E-state index in [2.05, 4.69) is 11.4 Å². The summed E-state index contributed by atoms with van der Waals surface area (Å²) in [7, 11) is 0. The number of pyridine rings is 1. The van der Waals surface area contributed by atoms with Crippen LogP contribution in [-0.2, 0) is 11.3 Å². The summed E-state index contributed by atoms with van der Waals surface area (Å²) < 4.78 is 1.33. The fraction of sp³-hybridized carbons (Fsp3) is 0.105. The summed E-state index contributed by atoms with van der Waals surface area (Å²) in [6.45, 7) is 1.73. The van der Waals surface area contributed by atoms with Crippen molar-refractivity contribution in [2.45, 2.75) is 13.5 Å². The van der Waals surface area contributed by atoms with Gasteiger partial charge in [-0.3, -0.25) is 9.59 Å². The molecule has 1 aromatic carbocycles. The highest BCUT2D eigenvalue weighted by molar-refractivity contribution is 7.19. The molecule has 25 heavy (non-hydrogen) atoms. The molecule has 0 saturated carbocycles. The normalized spacial score (nSPS) is 10.2. The minimum absolute atomic E-state index is 0.0947. The van der Waals surface area contributed by atoms with Gasteiger partial charge >= 0.3 is 0 Å². The molecule has 2 heterocycles.